The van der Waals surface area contributed by atoms with E-state index in [1.165, 1.54) is 0 Å². The van der Waals surface area contributed by atoms with Crippen LogP contribution in [0.1, 0.15) is 6.42 Å². The molecule has 25 heavy (non-hydrogen) atoms. The molecule has 7 heteroatoms. The lowest BCUT2D eigenvalue weighted by Crippen LogP contribution is -2.27. The van der Waals surface area contributed by atoms with Crippen molar-refractivity contribution in [2.45, 2.75) is 11.3 Å². The van der Waals surface area contributed by atoms with Crippen LogP contribution in [0.25, 0.3) is 0 Å². The Labute approximate surface area is 155 Å². The molecule has 0 bridgehead atoms. The SMILES string of the molecule is O=C(CCSc1ccccc1Cl)Nc1ccc(N2CCNC2=O)cc1. The van der Waals surface area contributed by atoms with Gasteiger partial charge >= 0.3 is 6.03 Å². The van der Waals surface area contributed by atoms with E-state index in [1.54, 1.807) is 28.8 Å². The summed E-state index contributed by atoms with van der Waals surface area (Å²) < 4.78 is 0. The summed E-state index contributed by atoms with van der Waals surface area (Å²) in [7, 11) is 0. The molecule has 3 rings (SSSR count). The molecule has 0 atom stereocenters. The van der Waals surface area contributed by atoms with Crippen molar-refractivity contribution >= 4 is 46.7 Å². The maximum atomic E-state index is 12.0. The Bertz CT molecular complexity index is 767. The third kappa shape index (κ3) is 4.67. The van der Waals surface area contributed by atoms with E-state index in [1.807, 2.05) is 36.4 Å². The van der Waals surface area contributed by atoms with Gasteiger partial charge in [0.25, 0.3) is 0 Å². The van der Waals surface area contributed by atoms with Gasteiger partial charge in [-0.1, -0.05) is 23.7 Å². The predicted molar refractivity (Wildman–Crippen MR) is 103 cm³/mol. The van der Waals surface area contributed by atoms with Crippen molar-refractivity contribution in [2.24, 2.45) is 0 Å². The van der Waals surface area contributed by atoms with E-state index in [4.69, 9.17) is 11.6 Å². The van der Waals surface area contributed by atoms with Gasteiger partial charge in [0, 0.05) is 41.5 Å². The van der Waals surface area contributed by atoms with Crippen molar-refractivity contribution < 1.29 is 9.59 Å². The van der Waals surface area contributed by atoms with Crippen molar-refractivity contribution in [3.8, 4) is 0 Å². The third-order valence-corrected chi connectivity index (χ3v) is 5.26. The minimum absolute atomic E-state index is 0.0498. The Morgan fingerprint density at radius 2 is 1.96 bits per heavy atom. The van der Waals surface area contributed by atoms with Crippen LogP contribution < -0.4 is 15.5 Å². The molecule has 2 aromatic carbocycles. The summed E-state index contributed by atoms with van der Waals surface area (Å²) >= 11 is 7.66. The van der Waals surface area contributed by atoms with Gasteiger partial charge in [0.05, 0.1) is 5.02 Å². The standard InChI is InChI=1S/C18H18ClN3O2S/c19-15-3-1-2-4-16(15)25-12-9-17(23)21-13-5-7-14(8-6-13)22-11-10-20-18(22)24/h1-8H,9-12H2,(H,20,24)(H,21,23). The molecule has 0 saturated carbocycles. The summed E-state index contributed by atoms with van der Waals surface area (Å²) in [5, 5.41) is 6.33. The summed E-state index contributed by atoms with van der Waals surface area (Å²) in [4.78, 5) is 26.3. The highest BCUT2D eigenvalue weighted by Gasteiger charge is 2.20. The number of nitrogens with one attached hydrogen (secondary N) is 2. The summed E-state index contributed by atoms with van der Waals surface area (Å²) in [6.45, 7) is 1.31. The fraction of sp³-hybridized carbons (Fsp3) is 0.222. The smallest absolute Gasteiger partial charge is 0.321 e. The number of anilines is 2. The number of halogens is 1. The summed E-state index contributed by atoms with van der Waals surface area (Å²) in [5.41, 5.74) is 1.54. The Morgan fingerprint density at radius 3 is 2.64 bits per heavy atom. The van der Waals surface area contributed by atoms with Gasteiger partial charge in [-0.05, 0) is 36.4 Å². The maximum absolute atomic E-state index is 12.0. The van der Waals surface area contributed by atoms with Gasteiger partial charge < -0.3 is 10.6 Å². The van der Waals surface area contributed by atoms with Crippen molar-refractivity contribution in [1.29, 1.82) is 0 Å². The molecule has 1 saturated heterocycles. The molecule has 5 nitrogen and oxygen atoms in total. The monoisotopic (exact) mass is 375 g/mol. The fourth-order valence-corrected chi connectivity index (χ4v) is 3.67. The molecule has 0 aliphatic carbocycles. The summed E-state index contributed by atoms with van der Waals surface area (Å²) in [6, 6.07) is 14.8. The first-order valence-corrected chi connectivity index (χ1v) is 9.32. The zero-order valence-corrected chi connectivity index (χ0v) is 15.1. The second-order valence-electron chi connectivity index (χ2n) is 5.51. The van der Waals surface area contributed by atoms with E-state index in [-0.39, 0.29) is 11.9 Å². The molecule has 0 radical (unpaired) electrons. The van der Waals surface area contributed by atoms with Gasteiger partial charge in [-0.3, -0.25) is 9.69 Å². The minimum Gasteiger partial charge on any atom is -0.336 e. The van der Waals surface area contributed by atoms with Crippen molar-refractivity contribution in [2.75, 3.05) is 29.1 Å². The normalized spacial score (nSPS) is 13.6. The minimum atomic E-state index is -0.0895. The molecular formula is C18H18ClN3O2S. The van der Waals surface area contributed by atoms with Gasteiger partial charge in [-0.15, -0.1) is 11.8 Å². The van der Waals surface area contributed by atoms with Crippen molar-refractivity contribution in [3.05, 3.63) is 53.6 Å². The fourth-order valence-electron chi connectivity index (χ4n) is 2.48. The topological polar surface area (TPSA) is 61.4 Å². The van der Waals surface area contributed by atoms with Crippen LogP contribution in [0.15, 0.2) is 53.4 Å². The average Bonchev–Trinajstić information content (AvgIpc) is 3.03. The zero-order valence-electron chi connectivity index (χ0n) is 13.5. The number of hydrogen-bond acceptors (Lipinski definition) is 3. The van der Waals surface area contributed by atoms with E-state index in [0.717, 1.165) is 16.3 Å². The maximum Gasteiger partial charge on any atom is 0.321 e. The van der Waals surface area contributed by atoms with E-state index < -0.39 is 0 Å². The van der Waals surface area contributed by atoms with Crippen LogP contribution in [0, 0.1) is 0 Å². The molecule has 1 aliphatic heterocycles. The van der Waals surface area contributed by atoms with E-state index in [2.05, 4.69) is 10.6 Å². The van der Waals surface area contributed by atoms with Crippen LogP contribution in [0.4, 0.5) is 16.2 Å². The number of nitrogens with zero attached hydrogens (tertiary/aromatic N) is 1. The Hall–Kier alpha value is -2.18. The van der Waals surface area contributed by atoms with Crippen molar-refractivity contribution in [1.82, 2.24) is 5.32 Å². The number of benzene rings is 2. The number of carbonyl (C=O) groups is 2. The number of carbonyl (C=O) groups excluding carboxylic acids is 2. The lowest BCUT2D eigenvalue weighted by Gasteiger charge is -2.14. The van der Waals surface area contributed by atoms with Crippen LogP contribution in [-0.2, 0) is 4.79 Å². The zero-order chi connectivity index (χ0) is 17.6. The Balaban J connectivity index is 1.48. The molecular weight excluding hydrogens is 358 g/mol. The molecule has 1 aliphatic rings. The van der Waals surface area contributed by atoms with Gasteiger partial charge in [-0.2, -0.15) is 0 Å². The number of hydrogen-bond donors (Lipinski definition) is 2. The van der Waals surface area contributed by atoms with Crippen LogP contribution in [-0.4, -0.2) is 30.8 Å². The quantitative estimate of drug-likeness (QED) is 0.750. The molecule has 1 heterocycles. The molecule has 2 N–H and O–H groups in total. The third-order valence-electron chi connectivity index (χ3n) is 3.74. The second kappa shape index (κ2) is 8.27. The summed E-state index contributed by atoms with van der Waals surface area (Å²) in [6.07, 6.45) is 0.395. The molecule has 0 spiro atoms. The van der Waals surface area contributed by atoms with E-state index in [9.17, 15) is 9.59 Å². The van der Waals surface area contributed by atoms with Crippen LogP contribution in [0.3, 0.4) is 0 Å². The molecule has 2 aromatic rings. The van der Waals surface area contributed by atoms with Crippen LogP contribution in [0.5, 0.6) is 0 Å². The lowest BCUT2D eigenvalue weighted by molar-refractivity contribution is -0.115. The highest BCUT2D eigenvalue weighted by atomic mass is 35.5. The second-order valence-corrected chi connectivity index (χ2v) is 7.05. The largest absolute Gasteiger partial charge is 0.336 e. The molecule has 0 aromatic heterocycles. The lowest BCUT2D eigenvalue weighted by atomic mass is 10.2. The molecule has 1 fully saturated rings. The number of amides is 3. The molecule has 130 valence electrons. The van der Waals surface area contributed by atoms with E-state index in [0.29, 0.717) is 30.3 Å². The first-order chi connectivity index (χ1) is 12.1. The first kappa shape index (κ1) is 17.6. The number of urea groups is 1. The van der Waals surface area contributed by atoms with Gasteiger partial charge in [0.15, 0.2) is 0 Å². The predicted octanol–water partition coefficient (Wildman–Crippen LogP) is 3.99. The Kier molecular flexibility index (Phi) is 5.83. The van der Waals surface area contributed by atoms with E-state index >= 15 is 0 Å². The molecule has 0 unspecified atom stereocenters. The highest BCUT2D eigenvalue weighted by molar-refractivity contribution is 7.99. The van der Waals surface area contributed by atoms with Gasteiger partial charge in [-0.25, -0.2) is 4.79 Å². The number of thioether (sulfide) groups is 1. The average molecular weight is 376 g/mol. The van der Waals surface area contributed by atoms with Gasteiger partial charge in [0.1, 0.15) is 0 Å². The van der Waals surface area contributed by atoms with Crippen LogP contribution in [0.2, 0.25) is 5.02 Å². The highest BCUT2D eigenvalue weighted by Crippen LogP contribution is 2.27. The number of rotatable bonds is 6. The summed E-state index contributed by atoms with van der Waals surface area (Å²) in [5.74, 6) is 0.605. The first-order valence-electron chi connectivity index (χ1n) is 7.96. The molecule has 3 amide bonds. The van der Waals surface area contributed by atoms with Crippen LogP contribution >= 0.6 is 23.4 Å². The van der Waals surface area contributed by atoms with Gasteiger partial charge in [0.2, 0.25) is 5.91 Å². The Morgan fingerprint density at radius 1 is 1.20 bits per heavy atom. The van der Waals surface area contributed by atoms with Crippen molar-refractivity contribution in [3.63, 3.8) is 0 Å².